The third-order valence-corrected chi connectivity index (χ3v) is 3.34. The number of amides is 1. The summed E-state index contributed by atoms with van der Waals surface area (Å²) in [7, 11) is 0. The van der Waals surface area contributed by atoms with Crippen molar-refractivity contribution in [2.24, 2.45) is 0 Å². The Kier molecular flexibility index (Phi) is 3.88. The molecule has 7 nitrogen and oxygen atoms in total. The van der Waals surface area contributed by atoms with Crippen molar-refractivity contribution in [3.05, 3.63) is 39.7 Å². The number of carboxylic acids is 1. The molecule has 8 heteroatoms. The van der Waals surface area contributed by atoms with Gasteiger partial charge in [-0.2, -0.15) is 0 Å². The largest absolute Gasteiger partial charge is 0.480 e. The first kappa shape index (κ1) is 14.9. The average Bonchev–Trinajstić information content (AvgIpc) is 3.22. The lowest BCUT2D eigenvalue weighted by atomic mass is 10.1. The summed E-state index contributed by atoms with van der Waals surface area (Å²) in [5, 5.41) is 20.0. The Bertz CT molecular complexity index is 615. The summed E-state index contributed by atoms with van der Waals surface area (Å²) in [5.74, 6) is -2.84. The van der Waals surface area contributed by atoms with Gasteiger partial charge < -0.3 is 10.0 Å². The molecule has 1 aliphatic carbocycles. The second kappa shape index (κ2) is 5.47. The van der Waals surface area contributed by atoms with Gasteiger partial charge in [0.1, 0.15) is 17.4 Å². The smallest absolute Gasteiger partial charge is 0.326 e. The molecule has 0 saturated heterocycles. The fraction of sp³-hybridized carbons (Fsp3) is 0.385. The van der Waals surface area contributed by atoms with Crippen LogP contribution in [-0.2, 0) is 4.79 Å². The van der Waals surface area contributed by atoms with E-state index in [1.807, 2.05) is 0 Å². The predicted molar refractivity (Wildman–Crippen MR) is 69.3 cm³/mol. The maximum absolute atomic E-state index is 13.3. The van der Waals surface area contributed by atoms with Crippen LogP contribution in [0.3, 0.4) is 0 Å². The number of carbonyl (C=O) groups is 2. The number of nitro groups is 1. The molecule has 1 N–H and O–H groups in total. The number of aliphatic carboxylic acids is 1. The number of benzene rings is 1. The monoisotopic (exact) mass is 296 g/mol. The van der Waals surface area contributed by atoms with Gasteiger partial charge in [0.25, 0.3) is 11.6 Å². The van der Waals surface area contributed by atoms with Crippen LogP contribution >= 0.6 is 0 Å². The highest BCUT2D eigenvalue weighted by Crippen LogP contribution is 2.32. The predicted octanol–water partition coefficient (Wildman–Crippen LogP) is 1.81. The van der Waals surface area contributed by atoms with Gasteiger partial charge in [-0.05, 0) is 31.9 Å². The number of halogens is 1. The highest BCUT2D eigenvalue weighted by Gasteiger charge is 2.40. The van der Waals surface area contributed by atoms with E-state index in [1.54, 1.807) is 0 Å². The number of carbonyl (C=O) groups excluding carboxylic acids is 1. The molecule has 0 aromatic heterocycles. The molecule has 0 aliphatic heterocycles. The minimum atomic E-state index is -1.21. The van der Waals surface area contributed by atoms with Crippen LogP contribution in [0.25, 0.3) is 0 Å². The van der Waals surface area contributed by atoms with Gasteiger partial charge in [0.2, 0.25) is 0 Å². The normalized spacial score (nSPS) is 15.3. The SMILES string of the molecule is CC(C(=O)O)N(C(=O)c1cc(F)ccc1[N+](=O)[O-])C1CC1. The number of rotatable bonds is 5. The van der Waals surface area contributed by atoms with E-state index in [1.165, 1.54) is 6.92 Å². The summed E-state index contributed by atoms with van der Waals surface area (Å²) in [5.41, 5.74) is -0.968. The average molecular weight is 296 g/mol. The van der Waals surface area contributed by atoms with E-state index in [9.17, 15) is 24.1 Å². The molecule has 1 atom stereocenters. The molecule has 1 aromatic rings. The Hall–Kier alpha value is -2.51. The van der Waals surface area contributed by atoms with E-state index in [2.05, 4.69) is 0 Å². The van der Waals surface area contributed by atoms with Crippen molar-refractivity contribution in [3.63, 3.8) is 0 Å². The van der Waals surface area contributed by atoms with Gasteiger partial charge in [-0.3, -0.25) is 14.9 Å². The molecule has 0 bridgehead atoms. The van der Waals surface area contributed by atoms with E-state index in [4.69, 9.17) is 5.11 Å². The zero-order valence-corrected chi connectivity index (χ0v) is 11.2. The number of hydrogen-bond donors (Lipinski definition) is 1. The van der Waals surface area contributed by atoms with Gasteiger partial charge in [0.05, 0.1) is 4.92 Å². The van der Waals surface area contributed by atoms with Crippen molar-refractivity contribution in [2.45, 2.75) is 31.8 Å². The summed E-state index contributed by atoms with van der Waals surface area (Å²) < 4.78 is 13.3. The molecular weight excluding hydrogens is 283 g/mol. The van der Waals surface area contributed by atoms with Gasteiger partial charge in [-0.15, -0.1) is 0 Å². The lowest BCUT2D eigenvalue weighted by Crippen LogP contribution is -2.44. The molecule has 112 valence electrons. The van der Waals surface area contributed by atoms with Crippen molar-refractivity contribution >= 4 is 17.6 Å². The summed E-state index contributed by atoms with van der Waals surface area (Å²) in [4.78, 5) is 34.8. The van der Waals surface area contributed by atoms with Crippen molar-refractivity contribution < 1.29 is 24.0 Å². The van der Waals surface area contributed by atoms with E-state index < -0.39 is 39.9 Å². The first-order chi connectivity index (χ1) is 9.82. The van der Waals surface area contributed by atoms with Gasteiger partial charge in [0.15, 0.2) is 0 Å². The second-order valence-corrected chi connectivity index (χ2v) is 4.88. The molecule has 1 aromatic carbocycles. The molecular formula is C13H13FN2O5. The summed E-state index contributed by atoms with van der Waals surface area (Å²) in [6.45, 7) is 1.32. The van der Waals surface area contributed by atoms with Crippen molar-refractivity contribution in [2.75, 3.05) is 0 Å². The minimum Gasteiger partial charge on any atom is -0.480 e. The second-order valence-electron chi connectivity index (χ2n) is 4.88. The van der Waals surface area contributed by atoms with Crippen LogP contribution in [0.1, 0.15) is 30.1 Å². The Morgan fingerprint density at radius 3 is 2.57 bits per heavy atom. The third kappa shape index (κ3) is 2.99. The van der Waals surface area contributed by atoms with E-state index in [0.717, 1.165) is 23.1 Å². The molecule has 1 saturated carbocycles. The Morgan fingerprint density at radius 1 is 1.48 bits per heavy atom. The quantitative estimate of drug-likeness (QED) is 0.659. The van der Waals surface area contributed by atoms with E-state index in [-0.39, 0.29) is 6.04 Å². The number of carboxylic acid groups (broad SMARTS) is 1. The summed E-state index contributed by atoms with van der Waals surface area (Å²) in [6.07, 6.45) is 1.26. The van der Waals surface area contributed by atoms with E-state index in [0.29, 0.717) is 12.8 Å². The van der Waals surface area contributed by atoms with Crippen LogP contribution in [0.5, 0.6) is 0 Å². The lowest BCUT2D eigenvalue weighted by Gasteiger charge is -2.26. The molecule has 21 heavy (non-hydrogen) atoms. The van der Waals surface area contributed by atoms with Crippen LogP contribution in [0.15, 0.2) is 18.2 Å². The molecule has 0 spiro atoms. The van der Waals surface area contributed by atoms with Crippen LogP contribution in [0, 0.1) is 15.9 Å². The Morgan fingerprint density at radius 2 is 2.10 bits per heavy atom. The minimum absolute atomic E-state index is 0.272. The topological polar surface area (TPSA) is 101 Å². The maximum atomic E-state index is 13.3. The number of nitro benzene ring substituents is 1. The van der Waals surface area contributed by atoms with Crippen LogP contribution in [0.4, 0.5) is 10.1 Å². The van der Waals surface area contributed by atoms with Gasteiger partial charge in [0, 0.05) is 12.1 Å². The van der Waals surface area contributed by atoms with Crippen LogP contribution < -0.4 is 0 Å². The number of nitrogens with zero attached hydrogens (tertiary/aromatic N) is 2. The molecule has 1 fully saturated rings. The van der Waals surface area contributed by atoms with E-state index >= 15 is 0 Å². The Balaban J connectivity index is 2.44. The van der Waals surface area contributed by atoms with Crippen molar-refractivity contribution in [1.82, 2.24) is 4.90 Å². The zero-order chi connectivity index (χ0) is 15.7. The highest BCUT2D eigenvalue weighted by atomic mass is 19.1. The molecule has 1 amide bonds. The molecule has 0 heterocycles. The summed E-state index contributed by atoms with van der Waals surface area (Å²) in [6, 6.07) is 1.15. The summed E-state index contributed by atoms with van der Waals surface area (Å²) >= 11 is 0. The Labute approximate surface area is 119 Å². The van der Waals surface area contributed by atoms with Crippen LogP contribution in [-0.4, -0.2) is 38.9 Å². The zero-order valence-electron chi connectivity index (χ0n) is 11.2. The standard InChI is InChI=1S/C13H13FN2O5/c1-7(13(18)19)15(9-3-4-9)12(17)10-6-8(14)2-5-11(10)16(20)21/h2,5-7,9H,3-4H2,1H3,(H,18,19). The van der Waals surface area contributed by atoms with Gasteiger partial charge in [-0.25, -0.2) is 9.18 Å². The molecule has 1 unspecified atom stereocenters. The van der Waals surface area contributed by atoms with Crippen molar-refractivity contribution in [3.8, 4) is 0 Å². The van der Waals surface area contributed by atoms with Crippen molar-refractivity contribution in [1.29, 1.82) is 0 Å². The molecule has 0 radical (unpaired) electrons. The van der Waals surface area contributed by atoms with Crippen LogP contribution in [0.2, 0.25) is 0 Å². The lowest BCUT2D eigenvalue weighted by molar-refractivity contribution is -0.385. The molecule has 1 aliphatic rings. The molecule has 2 rings (SSSR count). The fourth-order valence-electron chi connectivity index (χ4n) is 2.11. The van der Waals surface area contributed by atoms with Gasteiger partial charge in [-0.1, -0.05) is 0 Å². The van der Waals surface area contributed by atoms with Gasteiger partial charge >= 0.3 is 5.97 Å². The first-order valence-electron chi connectivity index (χ1n) is 6.32. The third-order valence-electron chi connectivity index (χ3n) is 3.34. The number of hydrogen-bond acceptors (Lipinski definition) is 4. The first-order valence-corrected chi connectivity index (χ1v) is 6.32. The fourth-order valence-corrected chi connectivity index (χ4v) is 2.11. The maximum Gasteiger partial charge on any atom is 0.326 e. The highest BCUT2D eigenvalue weighted by molar-refractivity contribution is 6.00.